The zero-order valence-electron chi connectivity index (χ0n) is 15.6. The summed E-state index contributed by atoms with van der Waals surface area (Å²) >= 11 is 4.35. The Balaban J connectivity index is 1.37. The molecule has 1 atom stereocenters. The van der Waals surface area contributed by atoms with Crippen molar-refractivity contribution in [1.29, 1.82) is 0 Å². The van der Waals surface area contributed by atoms with Crippen LogP contribution in [-0.2, 0) is 6.54 Å². The second kappa shape index (κ2) is 8.24. The molecule has 0 saturated carbocycles. The van der Waals surface area contributed by atoms with Crippen LogP contribution in [0.25, 0.3) is 0 Å². The predicted octanol–water partition coefficient (Wildman–Crippen LogP) is 4.13. The van der Waals surface area contributed by atoms with Crippen molar-refractivity contribution < 1.29 is 0 Å². The van der Waals surface area contributed by atoms with Crippen molar-refractivity contribution in [3.63, 3.8) is 0 Å². The van der Waals surface area contributed by atoms with E-state index in [1.165, 1.54) is 79.6 Å². The van der Waals surface area contributed by atoms with Gasteiger partial charge < -0.3 is 0 Å². The van der Waals surface area contributed by atoms with Crippen molar-refractivity contribution in [1.82, 2.24) is 9.80 Å². The van der Waals surface area contributed by atoms with Gasteiger partial charge in [0.1, 0.15) is 0 Å². The first kappa shape index (κ1) is 18.2. The first-order chi connectivity index (χ1) is 12.2. The van der Waals surface area contributed by atoms with Crippen LogP contribution in [0.2, 0.25) is 0 Å². The summed E-state index contributed by atoms with van der Waals surface area (Å²) in [5.74, 6) is 5.42. The zero-order chi connectivity index (χ0) is 17.1. The highest BCUT2D eigenvalue weighted by atomic mass is 32.2. The quantitative estimate of drug-likeness (QED) is 0.782. The highest BCUT2D eigenvalue weighted by Gasteiger charge is 2.43. The standard InChI is InChI=1S/C21H32N2S2/c1-18-4-2-5-19(12-18)13-22-8-3-6-21(16-22)7-9-23(17-21)20-14-24-10-11-25-15-20/h2,4-5,12,20H,3,6-11,13-17H2,1H3. The molecule has 25 heavy (non-hydrogen) atoms. The Hall–Kier alpha value is -0.160. The lowest BCUT2D eigenvalue weighted by Gasteiger charge is -2.41. The Kier molecular flexibility index (Phi) is 6.01. The summed E-state index contributed by atoms with van der Waals surface area (Å²) in [5, 5.41) is 0. The van der Waals surface area contributed by atoms with E-state index in [-0.39, 0.29) is 0 Å². The van der Waals surface area contributed by atoms with Gasteiger partial charge in [-0.2, -0.15) is 23.5 Å². The molecule has 3 aliphatic rings. The Morgan fingerprint density at radius 3 is 2.72 bits per heavy atom. The van der Waals surface area contributed by atoms with E-state index in [0.717, 1.165) is 12.6 Å². The van der Waals surface area contributed by atoms with E-state index in [1.54, 1.807) is 0 Å². The number of nitrogens with zero attached hydrogens (tertiary/aromatic N) is 2. The molecule has 1 spiro atoms. The monoisotopic (exact) mass is 376 g/mol. The maximum Gasteiger partial charge on any atom is 0.0277 e. The van der Waals surface area contributed by atoms with E-state index in [9.17, 15) is 0 Å². The van der Waals surface area contributed by atoms with Crippen molar-refractivity contribution in [2.24, 2.45) is 5.41 Å². The molecule has 0 radical (unpaired) electrons. The molecule has 0 bridgehead atoms. The minimum Gasteiger partial charge on any atom is -0.298 e. The van der Waals surface area contributed by atoms with Crippen LogP contribution in [0.3, 0.4) is 0 Å². The smallest absolute Gasteiger partial charge is 0.0277 e. The fraction of sp³-hybridized carbons (Fsp3) is 0.714. The van der Waals surface area contributed by atoms with Gasteiger partial charge in [-0.1, -0.05) is 29.8 Å². The van der Waals surface area contributed by atoms with Gasteiger partial charge in [0.15, 0.2) is 0 Å². The summed E-state index contributed by atoms with van der Waals surface area (Å²) in [6.45, 7) is 8.62. The van der Waals surface area contributed by atoms with Crippen molar-refractivity contribution in [2.45, 2.75) is 38.8 Å². The molecule has 138 valence electrons. The minimum atomic E-state index is 0.573. The SMILES string of the molecule is Cc1cccc(CN2CCCC3(CCN(C4CSCCSC4)C3)C2)c1. The number of aryl methyl sites for hydroxylation is 1. The molecule has 4 heteroatoms. The highest BCUT2D eigenvalue weighted by Crippen LogP contribution is 2.41. The largest absolute Gasteiger partial charge is 0.298 e. The molecule has 4 rings (SSSR count). The highest BCUT2D eigenvalue weighted by molar-refractivity contribution is 8.03. The molecule has 0 amide bonds. The van der Waals surface area contributed by atoms with E-state index in [4.69, 9.17) is 0 Å². The van der Waals surface area contributed by atoms with Gasteiger partial charge in [0.2, 0.25) is 0 Å². The van der Waals surface area contributed by atoms with Gasteiger partial charge in [-0.25, -0.2) is 0 Å². The number of hydrogen-bond donors (Lipinski definition) is 0. The average molecular weight is 377 g/mol. The second-order valence-corrected chi connectivity index (χ2v) is 10.6. The van der Waals surface area contributed by atoms with E-state index in [0.29, 0.717) is 5.41 Å². The third-order valence-corrected chi connectivity index (χ3v) is 8.69. The molecule has 3 heterocycles. The lowest BCUT2D eigenvalue weighted by Crippen LogP contribution is -2.46. The predicted molar refractivity (Wildman–Crippen MR) is 113 cm³/mol. The van der Waals surface area contributed by atoms with Crippen LogP contribution < -0.4 is 0 Å². The van der Waals surface area contributed by atoms with Crippen molar-refractivity contribution >= 4 is 23.5 Å². The van der Waals surface area contributed by atoms with E-state index >= 15 is 0 Å². The molecule has 3 aliphatic heterocycles. The molecule has 0 aliphatic carbocycles. The number of piperidine rings is 1. The van der Waals surface area contributed by atoms with Crippen LogP contribution in [0, 0.1) is 12.3 Å². The van der Waals surface area contributed by atoms with Crippen LogP contribution in [0.5, 0.6) is 0 Å². The summed E-state index contributed by atoms with van der Waals surface area (Å²) < 4.78 is 0. The van der Waals surface area contributed by atoms with Crippen molar-refractivity contribution in [3.8, 4) is 0 Å². The number of benzene rings is 1. The average Bonchev–Trinajstić information content (AvgIpc) is 2.82. The number of hydrogen-bond acceptors (Lipinski definition) is 4. The molecule has 1 unspecified atom stereocenters. The zero-order valence-corrected chi connectivity index (χ0v) is 17.2. The van der Waals surface area contributed by atoms with Gasteiger partial charge in [0.25, 0.3) is 0 Å². The van der Waals surface area contributed by atoms with Crippen molar-refractivity contribution in [2.75, 3.05) is 49.2 Å². The molecule has 3 saturated heterocycles. The fourth-order valence-electron chi connectivity index (χ4n) is 4.94. The minimum absolute atomic E-state index is 0.573. The summed E-state index contributed by atoms with van der Waals surface area (Å²) in [6, 6.07) is 9.91. The number of likely N-dealkylation sites (tertiary alicyclic amines) is 2. The van der Waals surface area contributed by atoms with Crippen LogP contribution >= 0.6 is 23.5 Å². The fourth-order valence-corrected chi connectivity index (χ4v) is 7.57. The molecule has 0 N–H and O–H groups in total. The Bertz CT molecular complexity index is 571. The lowest BCUT2D eigenvalue weighted by atomic mass is 9.79. The van der Waals surface area contributed by atoms with Gasteiger partial charge in [-0.3, -0.25) is 9.80 Å². The summed E-state index contributed by atoms with van der Waals surface area (Å²) in [6.07, 6.45) is 4.25. The molecular weight excluding hydrogens is 344 g/mol. The van der Waals surface area contributed by atoms with Gasteiger partial charge in [-0.15, -0.1) is 0 Å². The first-order valence-corrected chi connectivity index (χ1v) is 12.2. The third-order valence-electron chi connectivity index (χ3n) is 6.21. The molecule has 2 nitrogen and oxygen atoms in total. The van der Waals surface area contributed by atoms with E-state index in [2.05, 4.69) is 64.5 Å². The maximum absolute atomic E-state index is 2.85. The van der Waals surface area contributed by atoms with E-state index in [1.807, 2.05) is 0 Å². The van der Waals surface area contributed by atoms with Gasteiger partial charge >= 0.3 is 0 Å². The van der Waals surface area contributed by atoms with Crippen LogP contribution in [0.15, 0.2) is 24.3 Å². The molecule has 1 aromatic carbocycles. The molecule has 3 fully saturated rings. The molecular formula is C21H32N2S2. The van der Waals surface area contributed by atoms with Crippen LogP contribution in [0.4, 0.5) is 0 Å². The van der Waals surface area contributed by atoms with Crippen LogP contribution in [0.1, 0.15) is 30.4 Å². The second-order valence-electron chi connectivity index (χ2n) is 8.33. The molecule has 0 aromatic heterocycles. The normalized spacial score (nSPS) is 30.0. The molecule has 1 aromatic rings. The maximum atomic E-state index is 2.85. The van der Waals surface area contributed by atoms with Gasteiger partial charge in [0, 0.05) is 48.7 Å². The number of thioether (sulfide) groups is 2. The summed E-state index contributed by atoms with van der Waals surface area (Å²) in [5.41, 5.74) is 3.45. The first-order valence-electron chi connectivity index (χ1n) is 9.90. The van der Waals surface area contributed by atoms with Gasteiger partial charge in [0.05, 0.1) is 0 Å². The van der Waals surface area contributed by atoms with Crippen LogP contribution in [-0.4, -0.2) is 65.0 Å². The van der Waals surface area contributed by atoms with Gasteiger partial charge in [-0.05, 0) is 50.3 Å². The summed E-state index contributed by atoms with van der Waals surface area (Å²) in [4.78, 5) is 5.58. The Labute approximate surface area is 162 Å². The lowest BCUT2D eigenvalue weighted by molar-refractivity contribution is 0.0842. The third kappa shape index (κ3) is 4.58. The van der Waals surface area contributed by atoms with Crippen molar-refractivity contribution in [3.05, 3.63) is 35.4 Å². The Morgan fingerprint density at radius 2 is 1.92 bits per heavy atom. The van der Waals surface area contributed by atoms with E-state index < -0.39 is 0 Å². The topological polar surface area (TPSA) is 6.48 Å². The Morgan fingerprint density at radius 1 is 1.08 bits per heavy atom. The number of rotatable bonds is 3. The summed E-state index contributed by atoms with van der Waals surface area (Å²) in [7, 11) is 0.